The molecule has 2 amide bonds. The average molecular weight is 336 g/mol. The van der Waals surface area contributed by atoms with E-state index in [1.54, 1.807) is 6.07 Å². The van der Waals surface area contributed by atoms with E-state index >= 15 is 0 Å². The molecule has 8 heteroatoms. The fourth-order valence-electron chi connectivity index (χ4n) is 2.66. The van der Waals surface area contributed by atoms with Gasteiger partial charge in [0.25, 0.3) is 0 Å². The van der Waals surface area contributed by atoms with Crippen molar-refractivity contribution < 1.29 is 24.2 Å². The van der Waals surface area contributed by atoms with Gasteiger partial charge in [-0.05, 0) is 12.1 Å². The van der Waals surface area contributed by atoms with Crippen LogP contribution in [0.25, 0.3) is 0 Å². The molecule has 1 atom stereocenters. The number of anilines is 1. The summed E-state index contributed by atoms with van der Waals surface area (Å²) in [6.07, 6.45) is 0. The quantitative estimate of drug-likeness (QED) is 0.862. The standard InChI is InChI=1S/C15H16N2O5S/c18-13(16-5-6-22-8-11(16)15(20)21)7-17-10-3-1-2-4-12(10)23-9-14(17)19/h1-4,11H,5-9H2,(H,20,21). The number of hydrogen-bond acceptors (Lipinski definition) is 5. The summed E-state index contributed by atoms with van der Waals surface area (Å²) in [6.45, 7) is 0.339. The highest BCUT2D eigenvalue weighted by Gasteiger charge is 2.35. The topological polar surface area (TPSA) is 87.2 Å². The molecule has 1 aromatic carbocycles. The minimum absolute atomic E-state index is 0.0263. The van der Waals surface area contributed by atoms with Crippen molar-refractivity contribution in [3.05, 3.63) is 24.3 Å². The minimum atomic E-state index is -1.10. The Morgan fingerprint density at radius 1 is 1.35 bits per heavy atom. The number of hydrogen-bond donors (Lipinski definition) is 1. The number of aliphatic carboxylic acids is 1. The molecule has 0 radical (unpaired) electrons. The lowest BCUT2D eigenvalue weighted by Crippen LogP contribution is -2.55. The molecule has 23 heavy (non-hydrogen) atoms. The molecule has 122 valence electrons. The zero-order chi connectivity index (χ0) is 16.4. The number of thioether (sulfide) groups is 1. The lowest BCUT2D eigenvalue weighted by atomic mass is 10.2. The number of fused-ring (bicyclic) bond motifs is 1. The van der Waals surface area contributed by atoms with E-state index in [1.807, 2.05) is 18.2 Å². The van der Waals surface area contributed by atoms with Crippen LogP contribution < -0.4 is 4.90 Å². The van der Waals surface area contributed by atoms with E-state index in [1.165, 1.54) is 21.6 Å². The first-order chi connectivity index (χ1) is 11.1. The number of ether oxygens (including phenoxy) is 1. The predicted molar refractivity (Wildman–Crippen MR) is 83.5 cm³/mol. The first-order valence-electron chi connectivity index (χ1n) is 7.20. The molecule has 1 aromatic rings. The summed E-state index contributed by atoms with van der Waals surface area (Å²) in [5.74, 6) is -1.35. The Labute approximate surface area is 137 Å². The van der Waals surface area contributed by atoms with Crippen LogP contribution in [0.4, 0.5) is 5.69 Å². The summed E-state index contributed by atoms with van der Waals surface area (Å²) in [4.78, 5) is 39.6. The van der Waals surface area contributed by atoms with Crippen molar-refractivity contribution in [1.29, 1.82) is 0 Å². The number of rotatable bonds is 3. The van der Waals surface area contributed by atoms with E-state index in [0.29, 0.717) is 12.3 Å². The molecule has 2 aliphatic rings. The highest BCUT2D eigenvalue weighted by atomic mass is 32.2. The fourth-order valence-corrected chi connectivity index (χ4v) is 3.60. The van der Waals surface area contributed by atoms with Gasteiger partial charge < -0.3 is 19.6 Å². The van der Waals surface area contributed by atoms with E-state index in [0.717, 1.165) is 4.90 Å². The fraction of sp³-hybridized carbons (Fsp3) is 0.400. The molecule has 0 saturated carbocycles. The van der Waals surface area contributed by atoms with Crippen molar-refractivity contribution in [3.8, 4) is 0 Å². The van der Waals surface area contributed by atoms with Crippen molar-refractivity contribution in [3.63, 3.8) is 0 Å². The van der Waals surface area contributed by atoms with Crippen LogP contribution in [0.2, 0.25) is 0 Å². The average Bonchev–Trinajstić information content (AvgIpc) is 2.57. The monoisotopic (exact) mass is 336 g/mol. The molecule has 1 fully saturated rings. The molecule has 1 saturated heterocycles. The Kier molecular flexibility index (Phi) is 4.53. The van der Waals surface area contributed by atoms with Gasteiger partial charge in [-0.3, -0.25) is 9.59 Å². The van der Waals surface area contributed by atoms with Crippen LogP contribution in [0, 0.1) is 0 Å². The largest absolute Gasteiger partial charge is 0.480 e. The molecule has 2 heterocycles. The molecule has 0 aliphatic carbocycles. The second-order valence-electron chi connectivity index (χ2n) is 5.25. The summed E-state index contributed by atoms with van der Waals surface area (Å²) in [5, 5.41) is 9.22. The summed E-state index contributed by atoms with van der Waals surface area (Å²) in [5.41, 5.74) is 0.697. The molecule has 1 N–H and O–H groups in total. The third-order valence-corrected chi connectivity index (χ3v) is 4.88. The van der Waals surface area contributed by atoms with Crippen LogP contribution in [0.3, 0.4) is 0 Å². The van der Waals surface area contributed by atoms with Crippen molar-refractivity contribution in [2.75, 3.05) is 37.0 Å². The van der Waals surface area contributed by atoms with Gasteiger partial charge in [0.05, 0.1) is 24.7 Å². The molecular weight excluding hydrogens is 320 g/mol. The number of amides is 2. The number of para-hydroxylation sites is 1. The third kappa shape index (κ3) is 3.18. The molecule has 3 rings (SSSR count). The van der Waals surface area contributed by atoms with Crippen LogP contribution in [0.15, 0.2) is 29.2 Å². The van der Waals surface area contributed by atoms with Gasteiger partial charge in [-0.25, -0.2) is 4.79 Å². The van der Waals surface area contributed by atoms with Crippen LogP contribution >= 0.6 is 11.8 Å². The summed E-state index contributed by atoms with van der Waals surface area (Å²) < 4.78 is 5.13. The first-order valence-corrected chi connectivity index (χ1v) is 8.18. The van der Waals surface area contributed by atoms with E-state index < -0.39 is 12.0 Å². The molecule has 0 aromatic heterocycles. The van der Waals surface area contributed by atoms with Crippen LogP contribution in [0.5, 0.6) is 0 Å². The maximum Gasteiger partial charge on any atom is 0.328 e. The zero-order valence-corrected chi connectivity index (χ0v) is 13.1. The predicted octanol–water partition coefficient (Wildman–Crippen LogP) is 0.437. The van der Waals surface area contributed by atoms with Crippen molar-refractivity contribution >= 4 is 35.2 Å². The smallest absolute Gasteiger partial charge is 0.328 e. The van der Waals surface area contributed by atoms with Gasteiger partial charge in [0.2, 0.25) is 11.8 Å². The Balaban J connectivity index is 1.79. The molecular formula is C15H16N2O5S. The number of morpholine rings is 1. The summed E-state index contributed by atoms with van der Waals surface area (Å²) in [6, 6.07) is 6.38. The Hall–Kier alpha value is -2.06. The minimum Gasteiger partial charge on any atom is -0.480 e. The van der Waals surface area contributed by atoms with Gasteiger partial charge in [-0.15, -0.1) is 11.8 Å². The number of carboxylic acids is 1. The normalized spacial score (nSPS) is 21.0. The number of carbonyl (C=O) groups is 3. The number of carboxylic acid groups (broad SMARTS) is 1. The number of nitrogens with zero attached hydrogens (tertiary/aromatic N) is 2. The molecule has 7 nitrogen and oxygen atoms in total. The lowest BCUT2D eigenvalue weighted by Gasteiger charge is -2.35. The van der Waals surface area contributed by atoms with Gasteiger partial charge >= 0.3 is 5.97 Å². The second kappa shape index (κ2) is 6.59. The third-order valence-electron chi connectivity index (χ3n) is 3.84. The maximum atomic E-state index is 12.5. The van der Waals surface area contributed by atoms with Gasteiger partial charge in [0.1, 0.15) is 6.54 Å². The zero-order valence-electron chi connectivity index (χ0n) is 12.3. The number of benzene rings is 1. The molecule has 0 spiro atoms. The van der Waals surface area contributed by atoms with E-state index in [2.05, 4.69) is 0 Å². The highest BCUT2D eigenvalue weighted by Crippen LogP contribution is 2.34. The maximum absolute atomic E-state index is 12.5. The van der Waals surface area contributed by atoms with Crippen LogP contribution in [0.1, 0.15) is 0 Å². The van der Waals surface area contributed by atoms with Crippen molar-refractivity contribution in [2.45, 2.75) is 10.9 Å². The van der Waals surface area contributed by atoms with Crippen LogP contribution in [-0.2, 0) is 19.1 Å². The van der Waals surface area contributed by atoms with Gasteiger partial charge in [-0.2, -0.15) is 0 Å². The van der Waals surface area contributed by atoms with E-state index in [9.17, 15) is 19.5 Å². The molecule has 2 aliphatic heterocycles. The van der Waals surface area contributed by atoms with E-state index in [4.69, 9.17) is 4.74 Å². The lowest BCUT2D eigenvalue weighted by molar-refractivity contribution is -0.157. The summed E-state index contributed by atoms with van der Waals surface area (Å²) >= 11 is 1.44. The van der Waals surface area contributed by atoms with Crippen molar-refractivity contribution in [2.24, 2.45) is 0 Å². The second-order valence-corrected chi connectivity index (χ2v) is 6.27. The first kappa shape index (κ1) is 15.8. The van der Waals surface area contributed by atoms with Crippen molar-refractivity contribution in [1.82, 2.24) is 4.90 Å². The van der Waals surface area contributed by atoms with E-state index in [-0.39, 0.29) is 37.3 Å². The Morgan fingerprint density at radius 2 is 2.13 bits per heavy atom. The molecule has 0 bridgehead atoms. The highest BCUT2D eigenvalue weighted by molar-refractivity contribution is 8.00. The molecule has 1 unspecified atom stereocenters. The van der Waals surface area contributed by atoms with Gasteiger partial charge in [0.15, 0.2) is 6.04 Å². The Bertz CT molecular complexity index is 651. The SMILES string of the molecule is O=C(O)C1COCCN1C(=O)CN1C(=O)CSc2ccccc21. The Morgan fingerprint density at radius 3 is 2.91 bits per heavy atom. The summed E-state index contributed by atoms with van der Waals surface area (Å²) in [7, 11) is 0. The number of carbonyl (C=O) groups excluding carboxylic acids is 2. The van der Waals surface area contributed by atoms with Crippen LogP contribution in [-0.4, -0.2) is 65.9 Å². The van der Waals surface area contributed by atoms with Gasteiger partial charge in [-0.1, -0.05) is 12.1 Å². The van der Waals surface area contributed by atoms with Gasteiger partial charge in [0, 0.05) is 11.4 Å².